The molecule has 0 aliphatic rings. The van der Waals surface area contributed by atoms with Crippen LogP contribution in [0.4, 0.5) is 0 Å². The van der Waals surface area contributed by atoms with Gasteiger partial charge in [0, 0.05) is 21.7 Å². The Morgan fingerprint density at radius 3 is 1.50 bits per heavy atom. The number of hydrogen-bond acceptors (Lipinski definition) is 1. The smallest absolute Gasteiger partial charge is 0 e. The Labute approximate surface area is 89.8 Å². The van der Waals surface area contributed by atoms with Crippen molar-refractivity contribution in [3.8, 4) is 0 Å². The van der Waals surface area contributed by atoms with Crippen LogP contribution in [0.25, 0.3) is 0 Å². The van der Waals surface area contributed by atoms with Gasteiger partial charge in [-0.25, -0.2) is 0 Å². The molecule has 0 rings (SSSR count). The Balaban J connectivity index is -0.00000000667. The molecule has 0 aromatic heterocycles. The molecule has 0 amide bonds. The second-order valence-electron chi connectivity index (χ2n) is 0.183. The van der Waals surface area contributed by atoms with E-state index >= 15 is 0 Å². The maximum absolute atomic E-state index is 8.96. The summed E-state index contributed by atoms with van der Waals surface area (Å²) in [4.78, 5) is 0. The van der Waals surface area contributed by atoms with Crippen LogP contribution in [0.2, 0.25) is 0 Å². The fourth-order valence-electron chi connectivity index (χ4n) is 0. The van der Waals surface area contributed by atoms with Gasteiger partial charge in [0.15, 0.2) is 17.4 Å². The summed E-state index contributed by atoms with van der Waals surface area (Å²) in [5, 5.41) is 0. The second-order valence-corrected chi connectivity index (χ2v) is 1.64. The van der Waals surface area contributed by atoms with E-state index in [0.717, 1.165) is 9.91 Å². The van der Waals surface area contributed by atoms with Crippen molar-refractivity contribution in [2.75, 3.05) is 0 Å². The van der Waals surface area contributed by atoms with Gasteiger partial charge in [-0.1, -0.05) is 0 Å². The zero-order valence-electron chi connectivity index (χ0n) is 2.36. The summed E-state index contributed by atoms with van der Waals surface area (Å²) >= 11 is 0. The van der Waals surface area contributed by atoms with Crippen molar-refractivity contribution in [1.82, 2.24) is 0 Å². The Morgan fingerprint density at radius 2 is 1.50 bits per heavy atom. The molecule has 0 saturated heterocycles. The molecular formula is H7AlNaOPSiTi. The second kappa shape index (κ2) is 25.7. The van der Waals surface area contributed by atoms with E-state index in [-0.39, 0.29) is 68.6 Å². The van der Waals surface area contributed by atoms with E-state index < -0.39 is 0 Å². The first kappa shape index (κ1) is 23.5. The summed E-state index contributed by atoms with van der Waals surface area (Å²) in [7, 11) is 1.09. The third-order valence-corrected chi connectivity index (χ3v) is 0. The summed E-state index contributed by atoms with van der Waals surface area (Å²) in [5.74, 6) is 0. The molecule has 0 radical (unpaired) electrons. The molecule has 0 aliphatic carbocycles. The van der Waals surface area contributed by atoms with Crippen molar-refractivity contribution >= 4 is 64.8 Å². The summed E-state index contributed by atoms with van der Waals surface area (Å²) in [6.45, 7) is 0. The summed E-state index contributed by atoms with van der Waals surface area (Å²) in [5.41, 5.74) is 0. The van der Waals surface area contributed by atoms with Gasteiger partial charge in [-0.2, -0.15) is 0 Å². The van der Waals surface area contributed by atoms with E-state index in [4.69, 9.17) is 4.57 Å². The van der Waals surface area contributed by atoms with Crippen LogP contribution in [0, 0.1) is 0 Å². The zero-order chi connectivity index (χ0) is 2.71. The van der Waals surface area contributed by atoms with E-state index in [1.54, 1.807) is 0 Å². The molecule has 0 unspecified atom stereocenters. The SMILES string of the molecule is O=P[SiH3].[AlH3].[NaH].[Ti]. The first-order chi connectivity index (χ1) is 1.41. The molecule has 30 valence electrons. The van der Waals surface area contributed by atoms with E-state index in [1.165, 1.54) is 0 Å². The fourth-order valence-corrected chi connectivity index (χ4v) is 0. The average molecular weight is 180 g/mol. The summed E-state index contributed by atoms with van der Waals surface area (Å²) in [6, 6.07) is 0. The Kier molecular flexibility index (Phi) is 101. The maximum Gasteiger partial charge on any atom is 0 e. The first-order valence-electron chi connectivity index (χ1n) is 0.630. The van der Waals surface area contributed by atoms with Gasteiger partial charge in [-0.05, 0) is 0 Å². The fraction of sp³-hybridized carbons (Fsp3) is 0. The van der Waals surface area contributed by atoms with Crippen molar-refractivity contribution in [3.63, 3.8) is 0 Å². The van der Waals surface area contributed by atoms with Crippen LogP contribution in [-0.4, -0.2) is 56.8 Å². The predicted molar refractivity (Wildman–Crippen MR) is 34.6 cm³/mol. The maximum atomic E-state index is 8.96. The minimum absolute atomic E-state index is 0. The molecule has 0 aromatic rings. The van der Waals surface area contributed by atoms with Crippen LogP contribution in [0.15, 0.2) is 0 Å². The Hall–Kier alpha value is 2.56. The normalized spacial score (nSPS) is 4.00. The third kappa shape index (κ3) is 30.9. The minimum Gasteiger partial charge on any atom is 0 e. The van der Waals surface area contributed by atoms with Crippen LogP contribution < -0.4 is 0 Å². The van der Waals surface area contributed by atoms with E-state index in [2.05, 4.69) is 0 Å². The van der Waals surface area contributed by atoms with Crippen LogP contribution in [0.5, 0.6) is 0 Å². The minimum atomic E-state index is 0. The molecule has 1 nitrogen and oxygen atoms in total. The molecule has 0 heterocycles. The number of rotatable bonds is 0. The monoisotopic (exact) mass is 180 g/mol. The van der Waals surface area contributed by atoms with Gasteiger partial charge >= 0.3 is 29.6 Å². The molecule has 0 aromatic carbocycles. The zero-order valence-corrected chi connectivity index (χ0v) is 6.81. The largest absolute Gasteiger partial charge is 0 e. The van der Waals surface area contributed by atoms with E-state index in [1.807, 2.05) is 0 Å². The standard InChI is InChI=1S/Al.Na.H3OPSi.Ti.4H/c;;1-2-3;;;;;/h;;3H3;;;;;. The topological polar surface area (TPSA) is 17.1 Å². The van der Waals surface area contributed by atoms with Gasteiger partial charge in [-0.15, -0.1) is 0 Å². The molecule has 6 heteroatoms. The van der Waals surface area contributed by atoms with Crippen LogP contribution in [0.1, 0.15) is 0 Å². The molecule has 0 atom stereocenters. The van der Waals surface area contributed by atoms with Gasteiger partial charge in [-0.3, -0.25) is 4.57 Å². The quantitative estimate of drug-likeness (QED) is 0.303. The first-order valence-corrected chi connectivity index (χ1v) is 4.57. The van der Waals surface area contributed by atoms with Gasteiger partial charge in [0.05, 0.1) is 0 Å². The van der Waals surface area contributed by atoms with Crippen molar-refractivity contribution in [3.05, 3.63) is 0 Å². The molecule has 0 aliphatic heterocycles. The van der Waals surface area contributed by atoms with Crippen molar-refractivity contribution in [2.45, 2.75) is 0 Å². The molecule has 0 fully saturated rings. The molecule has 6 heavy (non-hydrogen) atoms. The molecule has 0 N–H and O–H groups in total. The molecular weight excluding hydrogens is 173 g/mol. The van der Waals surface area contributed by atoms with Gasteiger partial charge in [0.25, 0.3) is 0 Å². The van der Waals surface area contributed by atoms with Gasteiger partial charge in [0.2, 0.25) is 0 Å². The van der Waals surface area contributed by atoms with Crippen LogP contribution in [0.3, 0.4) is 0 Å². The van der Waals surface area contributed by atoms with Crippen molar-refractivity contribution in [2.24, 2.45) is 0 Å². The molecule has 0 bridgehead atoms. The Bertz CT molecular complexity index is 23.0. The van der Waals surface area contributed by atoms with Crippen molar-refractivity contribution < 1.29 is 26.3 Å². The van der Waals surface area contributed by atoms with Gasteiger partial charge < -0.3 is 0 Å². The van der Waals surface area contributed by atoms with E-state index in [0.29, 0.717) is 8.01 Å². The molecule has 0 spiro atoms. The van der Waals surface area contributed by atoms with Crippen molar-refractivity contribution in [1.29, 1.82) is 0 Å². The van der Waals surface area contributed by atoms with Crippen LogP contribution >= 0.6 is 8.01 Å². The molecule has 0 saturated carbocycles. The summed E-state index contributed by atoms with van der Waals surface area (Å²) in [6.07, 6.45) is 0. The number of hydrogen-bond donors (Lipinski definition) is 0. The summed E-state index contributed by atoms with van der Waals surface area (Å²) < 4.78 is 8.96. The Morgan fingerprint density at radius 1 is 1.50 bits per heavy atom. The van der Waals surface area contributed by atoms with Crippen LogP contribution in [-0.2, 0) is 26.3 Å². The predicted octanol–water partition coefficient (Wildman–Crippen LogP) is -2.28. The van der Waals surface area contributed by atoms with Gasteiger partial charge in [0.1, 0.15) is 17.9 Å². The average Bonchev–Trinajstić information content (AvgIpc) is 0.918. The third-order valence-electron chi connectivity index (χ3n) is 0. The van der Waals surface area contributed by atoms with E-state index in [9.17, 15) is 0 Å².